The van der Waals surface area contributed by atoms with Gasteiger partial charge in [-0.3, -0.25) is 9.69 Å². The number of hydrogen-bond donors (Lipinski definition) is 1. The van der Waals surface area contributed by atoms with Gasteiger partial charge in [0, 0.05) is 25.2 Å². The molecule has 1 saturated heterocycles. The molecule has 3 rings (SSSR count). The number of amides is 1. The standard InChI is InChI=1S/C20H26F2N2O4/c21-15-5-4-6-16(22)18(15)19(26)28-13-17(25)23-14-20(7-2-1-3-8-20)24-9-11-27-12-10-24/h4-6H,1-3,7-14H2,(H,23,25). The smallest absolute Gasteiger partial charge is 0.344 e. The summed E-state index contributed by atoms with van der Waals surface area (Å²) in [4.78, 5) is 26.5. The van der Waals surface area contributed by atoms with Crippen molar-refractivity contribution < 1.29 is 27.8 Å². The number of nitrogens with one attached hydrogen (secondary N) is 1. The monoisotopic (exact) mass is 396 g/mol. The molecule has 1 heterocycles. The minimum atomic E-state index is -1.19. The third-order valence-corrected chi connectivity index (χ3v) is 5.58. The van der Waals surface area contributed by atoms with Gasteiger partial charge >= 0.3 is 5.97 Å². The Bertz CT molecular complexity index is 681. The van der Waals surface area contributed by atoms with Crippen LogP contribution in [0.25, 0.3) is 0 Å². The van der Waals surface area contributed by atoms with Gasteiger partial charge < -0.3 is 14.8 Å². The van der Waals surface area contributed by atoms with Gasteiger partial charge in [0.25, 0.3) is 5.91 Å². The zero-order valence-corrected chi connectivity index (χ0v) is 15.8. The Balaban J connectivity index is 1.54. The molecule has 0 bridgehead atoms. The number of esters is 1. The molecule has 28 heavy (non-hydrogen) atoms. The van der Waals surface area contributed by atoms with Crippen LogP contribution in [0.2, 0.25) is 0 Å². The molecular weight excluding hydrogens is 370 g/mol. The van der Waals surface area contributed by atoms with Crippen molar-refractivity contribution in [1.82, 2.24) is 10.2 Å². The van der Waals surface area contributed by atoms with E-state index in [0.29, 0.717) is 19.8 Å². The normalized spacial score (nSPS) is 19.8. The van der Waals surface area contributed by atoms with Crippen LogP contribution in [-0.2, 0) is 14.3 Å². The summed E-state index contributed by atoms with van der Waals surface area (Å²) in [7, 11) is 0. The van der Waals surface area contributed by atoms with E-state index in [-0.39, 0.29) is 5.54 Å². The summed E-state index contributed by atoms with van der Waals surface area (Å²) >= 11 is 0. The molecule has 1 aromatic carbocycles. The predicted octanol–water partition coefficient (Wildman–Crippen LogP) is 2.27. The molecule has 0 unspecified atom stereocenters. The van der Waals surface area contributed by atoms with Crippen molar-refractivity contribution in [2.75, 3.05) is 39.5 Å². The highest BCUT2D eigenvalue weighted by Crippen LogP contribution is 2.33. The highest BCUT2D eigenvalue weighted by atomic mass is 19.1. The summed E-state index contributed by atoms with van der Waals surface area (Å²) in [5.74, 6) is -3.70. The van der Waals surface area contributed by atoms with E-state index in [0.717, 1.165) is 57.0 Å². The van der Waals surface area contributed by atoms with E-state index in [1.54, 1.807) is 0 Å². The molecule has 0 aromatic heterocycles. The summed E-state index contributed by atoms with van der Waals surface area (Å²) in [5.41, 5.74) is -0.897. The topological polar surface area (TPSA) is 67.9 Å². The van der Waals surface area contributed by atoms with E-state index in [1.807, 2.05) is 0 Å². The number of hydrogen-bond acceptors (Lipinski definition) is 5. The van der Waals surface area contributed by atoms with Crippen LogP contribution in [0.1, 0.15) is 42.5 Å². The second kappa shape index (κ2) is 9.43. The molecule has 1 aromatic rings. The van der Waals surface area contributed by atoms with Crippen LogP contribution >= 0.6 is 0 Å². The Hall–Kier alpha value is -2.06. The van der Waals surface area contributed by atoms with Crippen LogP contribution in [0.3, 0.4) is 0 Å². The van der Waals surface area contributed by atoms with Crippen molar-refractivity contribution in [1.29, 1.82) is 0 Å². The van der Waals surface area contributed by atoms with Gasteiger partial charge in [-0.25, -0.2) is 13.6 Å². The Labute approximate surface area is 163 Å². The summed E-state index contributed by atoms with van der Waals surface area (Å²) < 4.78 is 37.5. The maximum absolute atomic E-state index is 13.6. The Morgan fingerprint density at radius 3 is 2.39 bits per heavy atom. The lowest BCUT2D eigenvalue weighted by Crippen LogP contribution is -2.59. The fourth-order valence-electron chi connectivity index (χ4n) is 4.06. The van der Waals surface area contributed by atoms with Crippen molar-refractivity contribution in [3.63, 3.8) is 0 Å². The molecule has 2 fully saturated rings. The van der Waals surface area contributed by atoms with Gasteiger partial charge in [0.1, 0.15) is 17.2 Å². The minimum Gasteiger partial charge on any atom is -0.452 e. The quantitative estimate of drug-likeness (QED) is 0.748. The molecular formula is C20H26F2N2O4. The largest absolute Gasteiger partial charge is 0.452 e. The first kappa shape index (κ1) is 20.7. The summed E-state index contributed by atoms with van der Waals surface area (Å²) in [6.45, 7) is 2.90. The van der Waals surface area contributed by atoms with Gasteiger partial charge in [-0.1, -0.05) is 25.3 Å². The van der Waals surface area contributed by atoms with E-state index in [4.69, 9.17) is 9.47 Å². The third kappa shape index (κ3) is 4.86. The minimum absolute atomic E-state index is 0.112. The van der Waals surface area contributed by atoms with Gasteiger partial charge in [-0.15, -0.1) is 0 Å². The van der Waals surface area contributed by atoms with Crippen LogP contribution in [0.5, 0.6) is 0 Å². The van der Waals surface area contributed by atoms with E-state index < -0.39 is 35.7 Å². The molecule has 1 N–H and O–H groups in total. The van der Waals surface area contributed by atoms with Crippen molar-refractivity contribution >= 4 is 11.9 Å². The average Bonchev–Trinajstić information content (AvgIpc) is 2.72. The first-order chi connectivity index (χ1) is 13.5. The number of carbonyl (C=O) groups is 2. The summed E-state index contributed by atoms with van der Waals surface area (Å²) in [6.07, 6.45) is 5.39. The molecule has 1 saturated carbocycles. The highest BCUT2D eigenvalue weighted by molar-refractivity contribution is 5.91. The summed E-state index contributed by atoms with van der Waals surface area (Å²) in [5, 5.41) is 2.84. The predicted molar refractivity (Wildman–Crippen MR) is 97.9 cm³/mol. The number of halogens is 2. The van der Waals surface area contributed by atoms with Crippen LogP contribution in [0.15, 0.2) is 18.2 Å². The average molecular weight is 396 g/mol. The van der Waals surface area contributed by atoms with Gasteiger partial charge in [0.15, 0.2) is 6.61 Å². The first-order valence-electron chi connectivity index (χ1n) is 9.72. The number of benzene rings is 1. The number of carbonyl (C=O) groups excluding carboxylic acids is 2. The van der Waals surface area contributed by atoms with Crippen LogP contribution in [0, 0.1) is 11.6 Å². The molecule has 2 aliphatic rings. The van der Waals surface area contributed by atoms with Crippen LogP contribution < -0.4 is 5.32 Å². The molecule has 0 radical (unpaired) electrons. The van der Waals surface area contributed by atoms with E-state index in [9.17, 15) is 18.4 Å². The first-order valence-corrected chi connectivity index (χ1v) is 9.72. The highest BCUT2D eigenvalue weighted by Gasteiger charge is 2.38. The molecule has 8 heteroatoms. The molecule has 0 atom stereocenters. The maximum Gasteiger partial charge on any atom is 0.344 e. The summed E-state index contributed by atoms with van der Waals surface area (Å²) in [6, 6.07) is 3.09. The van der Waals surface area contributed by atoms with Gasteiger partial charge in [-0.2, -0.15) is 0 Å². The zero-order chi connectivity index (χ0) is 20.0. The molecule has 6 nitrogen and oxygen atoms in total. The SMILES string of the molecule is O=C(COC(=O)c1c(F)cccc1F)NCC1(N2CCOCC2)CCCCC1. The lowest BCUT2D eigenvalue weighted by atomic mass is 9.79. The molecule has 1 aliphatic heterocycles. The number of rotatable bonds is 6. The van der Waals surface area contributed by atoms with Crippen LogP contribution in [-0.4, -0.2) is 61.8 Å². The van der Waals surface area contributed by atoms with Crippen molar-refractivity contribution in [2.45, 2.75) is 37.6 Å². The van der Waals surface area contributed by atoms with E-state index in [2.05, 4.69) is 10.2 Å². The van der Waals surface area contributed by atoms with Crippen molar-refractivity contribution in [3.05, 3.63) is 35.4 Å². The number of nitrogens with zero attached hydrogens (tertiary/aromatic N) is 1. The van der Waals surface area contributed by atoms with E-state index in [1.165, 1.54) is 6.42 Å². The fourth-order valence-corrected chi connectivity index (χ4v) is 4.06. The Morgan fingerprint density at radius 1 is 1.11 bits per heavy atom. The molecule has 1 aliphatic carbocycles. The van der Waals surface area contributed by atoms with Crippen molar-refractivity contribution in [2.24, 2.45) is 0 Å². The van der Waals surface area contributed by atoms with Gasteiger partial charge in [-0.05, 0) is 25.0 Å². The lowest BCUT2D eigenvalue weighted by molar-refractivity contribution is -0.125. The Kier molecular flexibility index (Phi) is 6.96. The number of morpholine rings is 1. The second-order valence-corrected chi connectivity index (χ2v) is 7.33. The van der Waals surface area contributed by atoms with Gasteiger partial charge in [0.2, 0.25) is 0 Å². The third-order valence-electron chi connectivity index (χ3n) is 5.58. The lowest BCUT2D eigenvalue weighted by Gasteiger charge is -2.48. The molecule has 0 spiro atoms. The van der Waals surface area contributed by atoms with Gasteiger partial charge in [0.05, 0.1) is 13.2 Å². The molecule has 1 amide bonds. The second-order valence-electron chi connectivity index (χ2n) is 7.33. The van der Waals surface area contributed by atoms with E-state index >= 15 is 0 Å². The fraction of sp³-hybridized carbons (Fsp3) is 0.600. The zero-order valence-electron chi connectivity index (χ0n) is 15.8. The Morgan fingerprint density at radius 2 is 1.75 bits per heavy atom. The maximum atomic E-state index is 13.6. The van der Waals surface area contributed by atoms with Crippen LogP contribution in [0.4, 0.5) is 8.78 Å². The molecule has 154 valence electrons. The van der Waals surface area contributed by atoms with Crippen molar-refractivity contribution in [3.8, 4) is 0 Å². The number of ether oxygens (including phenoxy) is 2.